The van der Waals surface area contributed by atoms with E-state index in [1.54, 1.807) is 6.07 Å². The van der Waals surface area contributed by atoms with Crippen molar-refractivity contribution < 1.29 is 4.79 Å². The molecule has 4 heteroatoms. The van der Waals surface area contributed by atoms with Crippen molar-refractivity contribution in [1.82, 2.24) is 9.88 Å². The Bertz CT molecular complexity index is 475. The van der Waals surface area contributed by atoms with E-state index in [0.717, 1.165) is 12.2 Å². The molecule has 0 aromatic carbocycles. The lowest BCUT2D eigenvalue weighted by atomic mass is 9.90. The summed E-state index contributed by atoms with van der Waals surface area (Å²) < 4.78 is 0. The molecule has 0 bridgehead atoms. The second kappa shape index (κ2) is 6.25. The molecular weight excluding hydrogens is 250 g/mol. The van der Waals surface area contributed by atoms with E-state index in [4.69, 9.17) is 5.73 Å². The van der Waals surface area contributed by atoms with E-state index in [0.29, 0.717) is 23.8 Å². The van der Waals surface area contributed by atoms with Gasteiger partial charge in [-0.2, -0.15) is 0 Å². The van der Waals surface area contributed by atoms with Crippen molar-refractivity contribution in [2.75, 3.05) is 18.8 Å². The van der Waals surface area contributed by atoms with Crippen molar-refractivity contribution in [1.29, 1.82) is 0 Å². The lowest BCUT2D eigenvalue weighted by Crippen LogP contribution is -2.34. The van der Waals surface area contributed by atoms with Gasteiger partial charge >= 0.3 is 0 Å². The first-order valence-corrected chi connectivity index (χ1v) is 7.22. The molecule has 0 fully saturated rings. The molecule has 0 saturated heterocycles. The zero-order chi connectivity index (χ0) is 15.5. The van der Waals surface area contributed by atoms with Gasteiger partial charge in [-0.3, -0.25) is 4.79 Å². The number of rotatable bonds is 4. The molecule has 1 aromatic rings. The van der Waals surface area contributed by atoms with Crippen LogP contribution >= 0.6 is 0 Å². The van der Waals surface area contributed by atoms with Crippen LogP contribution in [0.25, 0.3) is 0 Å². The Labute approximate surface area is 122 Å². The van der Waals surface area contributed by atoms with E-state index in [2.05, 4.69) is 39.6 Å². The van der Waals surface area contributed by atoms with E-state index in [1.807, 2.05) is 17.9 Å². The zero-order valence-electron chi connectivity index (χ0n) is 13.5. The Balaban J connectivity index is 3.12. The largest absolute Gasteiger partial charge is 0.384 e. The van der Waals surface area contributed by atoms with Gasteiger partial charge in [0, 0.05) is 29.8 Å². The van der Waals surface area contributed by atoms with Gasteiger partial charge < -0.3 is 10.6 Å². The van der Waals surface area contributed by atoms with E-state index < -0.39 is 0 Å². The summed E-state index contributed by atoms with van der Waals surface area (Å²) in [6.45, 7) is 13.9. The normalized spacial score (nSPS) is 11.8. The predicted molar refractivity (Wildman–Crippen MR) is 83.8 cm³/mol. The highest BCUT2D eigenvalue weighted by Gasteiger charge is 2.21. The summed E-state index contributed by atoms with van der Waals surface area (Å²) in [6.07, 6.45) is 0. The maximum atomic E-state index is 12.6. The fourth-order valence-electron chi connectivity index (χ4n) is 2.04. The minimum Gasteiger partial charge on any atom is -0.384 e. The Morgan fingerprint density at radius 3 is 2.40 bits per heavy atom. The maximum absolute atomic E-state index is 12.6. The fraction of sp³-hybridized carbons (Fsp3) is 0.625. The number of hydrogen-bond acceptors (Lipinski definition) is 3. The maximum Gasteiger partial charge on any atom is 0.254 e. The molecule has 1 aromatic heterocycles. The quantitative estimate of drug-likeness (QED) is 0.920. The third kappa shape index (κ3) is 4.22. The lowest BCUT2D eigenvalue weighted by molar-refractivity contribution is 0.0745. The molecule has 1 heterocycles. The van der Waals surface area contributed by atoms with Gasteiger partial charge in [-0.1, -0.05) is 34.6 Å². The molecule has 0 aliphatic rings. The topological polar surface area (TPSA) is 59.2 Å². The van der Waals surface area contributed by atoms with Crippen LogP contribution in [0.2, 0.25) is 0 Å². The summed E-state index contributed by atoms with van der Waals surface area (Å²) in [6, 6.07) is 3.53. The minimum absolute atomic E-state index is 0.0285. The van der Waals surface area contributed by atoms with Crippen molar-refractivity contribution >= 4 is 11.7 Å². The summed E-state index contributed by atoms with van der Waals surface area (Å²) in [5, 5.41) is 0. The van der Waals surface area contributed by atoms with Crippen LogP contribution in [0, 0.1) is 5.92 Å². The first kappa shape index (κ1) is 16.5. The molecule has 0 unspecified atom stereocenters. The zero-order valence-corrected chi connectivity index (χ0v) is 13.5. The second-order valence-corrected chi connectivity index (χ2v) is 6.65. The smallest absolute Gasteiger partial charge is 0.254 e. The van der Waals surface area contributed by atoms with Crippen LogP contribution in [0.1, 0.15) is 57.6 Å². The van der Waals surface area contributed by atoms with Crippen LogP contribution < -0.4 is 5.73 Å². The molecule has 4 nitrogen and oxygen atoms in total. The van der Waals surface area contributed by atoms with E-state index in [1.165, 1.54) is 0 Å². The summed E-state index contributed by atoms with van der Waals surface area (Å²) in [4.78, 5) is 18.8. The number of aromatic nitrogens is 1. The number of nitrogen functional groups attached to an aromatic ring is 1. The monoisotopic (exact) mass is 277 g/mol. The number of anilines is 1. The van der Waals surface area contributed by atoms with E-state index >= 15 is 0 Å². The van der Waals surface area contributed by atoms with Crippen LogP contribution in [-0.2, 0) is 5.41 Å². The standard InChI is InChI=1S/C16H27N3O/c1-7-19(10-11(2)3)15(20)12-8-13(16(4,5)6)18-14(17)9-12/h8-9,11H,7,10H2,1-6H3,(H2,17,18). The van der Waals surface area contributed by atoms with Gasteiger partial charge in [-0.05, 0) is 25.0 Å². The van der Waals surface area contributed by atoms with Crippen LogP contribution in [0.3, 0.4) is 0 Å². The highest BCUT2D eigenvalue weighted by molar-refractivity contribution is 5.95. The van der Waals surface area contributed by atoms with Gasteiger partial charge in [-0.25, -0.2) is 4.98 Å². The number of pyridine rings is 1. The van der Waals surface area contributed by atoms with E-state index in [-0.39, 0.29) is 11.3 Å². The van der Waals surface area contributed by atoms with Crippen molar-refractivity contribution in [3.05, 3.63) is 23.4 Å². The molecule has 1 amide bonds. The average Bonchev–Trinajstić information content (AvgIpc) is 2.33. The summed E-state index contributed by atoms with van der Waals surface area (Å²) in [5.74, 6) is 0.877. The summed E-state index contributed by atoms with van der Waals surface area (Å²) in [5.41, 5.74) is 7.21. The molecular formula is C16H27N3O. The number of carbonyl (C=O) groups excluding carboxylic acids is 1. The van der Waals surface area contributed by atoms with Crippen molar-refractivity contribution in [2.24, 2.45) is 5.92 Å². The molecule has 20 heavy (non-hydrogen) atoms. The number of hydrogen-bond donors (Lipinski definition) is 1. The summed E-state index contributed by atoms with van der Waals surface area (Å²) >= 11 is 0. The third-order valence-corrected chi connectivity index (χ3v) is 3.11. The van der Waals surface area contributed by atoms with Crippen molar-refractivity contribution in [2.45, 2.75) is 47.0 Å². The SMILES string of the molecule is CCN(CC(C)C)C(=O)c1cc(N)nc(C(C)(C)C)c1. The molecule has 0 atom stereocenters. The Morgan fingerprint density at radius 1 is 1.35 bits per heavy atom. The van der Waals surface area contributed by atoms with Gasteiger partial charge in [0.05, 0.1) is 0 Å². The first-order chi connectivity index (χ1) is 9.15. The predicted octanol–water partition coefficient (Wildman–Crippen LogP) is 3.08. The summed E-state index contributed by atoms with van der Waals surface area (Å²) in [7, 11) is 0. The fourth-order valence-corrected chi connectivity index (χ4v) is 2.04. The molecule has 0 saturated carbocycles. The highest BCUT2D eigenvalue weighted by atomic mass is 16.2. The minimum atomic E-state index is -0.125. The van der Waals surface area contributed by atoms with Gasteiger partial charge in [0.15, 0.2) is 0 Å². The van der Waals surface area contributed by atoms with Gasteiger partial charge in [-0.15, -0.1) is 0 Å². The molecule has 0 aliphatic heterocycles. The van der Waals surface area contributed by atoms with Crippen LogP contribution in [0.15, 0.2) is 12.1 Å². The molecule has 0 radical (unpaired) electrons. The second-order valence-electron chi connectivity index (χ2n) is 6.65. The van der Waals surface area contributed by atoms with Crippen LogP contribution in [-0.4, -0.2) is 28.9 Å². The number of carbonyl (C=O) groups is 1. The van der Waals surface area contributed by atoms with Crippen molar-refractivity contribution in [3.8, 4) is 0 Å². The average molecular weight is 277 g/mol. The molecule has 112 valence electrons. The highest BCUT2D eigenvalue weighted by Crippen LogP contribution is 2.23. The van der Waals surface area contributed by atoms with Gasteiger partial charge in [0.1, 0.15) is 5.82 Å². The third-order valence-electron chi connectivity index (χ3n) is 3.11. The molecule has 0 aliphatic carbocycles. The van der Waals surface area contributed by atoms with Crippen LogP contribution in [0.4, 0.5) is 5.82 Å². The number of amides is 1. The Kier molecular flexibility index (Phi) is 5.15. The number of nitrogens with two attached hydrogens (primary N) is 1. The molecule has 0 spiro atoms. The van der Waals surface area contributed by atoms with E-state index in [9.17, 15) is 4.79 Å². The van der Waals surface area contributed by atoms with Crippen molar-refractivity contribution in [3.63, 3.8) is 0 Å². The lowest BCUT2D eigenvalue weighted by Gasteiger charge is -2.24. The van der Waals surface area contributed by atoms with Crippen LogP contribution in [0.5, 0.6) is 0 Å². The number of nitrogens with zero attached hydrogens (tertiary/aromatic N) is 2. The first-order valence-electron chi connectivity index (χ1n) is 7.22. The van der Waals surface area contributed by atoms with Gasteiger partial charge in [0.2, 0.25) is 0 Å². The Hall–Kier alpha value is -1.58. The molecule has 1 rings (SSSR count). The Morgan fingerprint density at radius 2 is 1.95 bits per heavy atom. The molecule has 2 N–H and O–H groups in total. The van der Waals surface area contributed by atoms with Gasteiger partial charge in [0.25, 0.3) is 5.91 Å².